The van der Waals surface area contributed by atoms with Gasteiger partial charge in [-0.2, -0.15) is 0 Å². The number of anilines is 1. The van der Waals surface area contributed by atoms with Crippen LogP contribution in [0.15, 0.2) is 18.2 Å². The zero-order valence-corrected chi connectivity index (χ0v) is 12.5. The van der Waals surface area contributed by atoms with E-state index in [1.807, 2.05) is 0 Å². The van der Waals surface area contributed by atoms with Gasteiger partial charge in [-0.05, 0) is 50.9 Å². The van der Waals surface area contributed by atoms with E-state index in [1.54, 1.807) is 0 Å². The van der Waals surface area contributed by atoms with E-state index in [-0.39, 0.29) is 0 Å². The second kappa shape index (κ2) is 6.40. The summed E-state index contributed by atoms with van der Waals surface area (Å²) >= 11 is 0. The van der Waals surface area contributed by atoms with Crippen LogP contribution in [0.25, 0.3) is 0 Å². The van der Waals surface area contributed by atoms with Crippen molar-refractivity contribution >= 4 is 5.69 Å². The van der Waals surface area contributed by atoms with Gasteiger partial charge in [0, 0.05) is 37.9 Å². The number of hydrogen-bond donors (Lipinski definition) is 1. The summed E-state index contributed by atoms with van der Waals surface area (Å²) in [5, 5.41) is 0. The summed E-state index contributed by atoms with van der Waals surface area (Å²) in [6, 6.07) is 7.45. The van der Waals surface area contributed by atoms with E-state index < -0.39 is 0 Å². The largest absolute Gasteiger partial charge is 0.369 e. The minimum atomic E-state index is 0.662. The van der Waals surface area contributed by atoms with E-state index in [2.05, 4.69) is 48.8 Å². The summed E-state index contributed by atoms with van der Waals surface area (Å²) in [4.78, 5) is 5.06. The minimum absolute atomic E-state index is 0.662. The Bertz CT molecular complexity index is 406. The van der Waals surface area contributed by atoms with Crippen LogP contribution in [0.3, 0.4) is 0 Å². The van der Waals surface area contributed by atoms with E-state index in [0.717, 1.165) is 26.1 Å². The van der Waals surface area contributed by atoms with Crippen molar-refractivity contribution < 1.29 is 0 Å². The molecule has 0 saturated carbocycles. The third-order valence-corrected chi connectivity index (χ3v) is 4.08. The highest BCUT2D eigenvalue weighted by Crippen LogP contribution is 2.23. The average molecular weight is 261 g/mol. The van der Waals surface area contributed by atoms with Crippen LogP contribution in [0.1, 0.15) is 25.0 Å². The summed E-state index contributed by atoms with van der Waals surface area (Å²) < 4.78 is 0. The van der Waals surface area contributed by atoms with Gasteiger partial charge in [0.1, 0.15) is 0 Å². The van der Waals surface area contributed by atoms with E-state index in [9.17, 15) is 0 Å². The standard InChI is InChI=1S/C16H27N3/c1-13(2)18-8-10-19(11-9-18)16-5-4-15(6-7-17)12-14(16)3/h4-5,12-13H,6-11,17H2,1-3H3. The first kappa shape index (κ1) is 14.4. The van der Waals surface area contributed by atoms with Crippen molar-refractivity contribution in [1.29, 1.82) is 0 Å². The molecule has 0 radical (unpaired) electrons. The Morgan fingerprint density at radius 2 is 1.84 bits per heavy atom. The maximum absolute atomic E-state index is 5.62. The lowest BCUT2D eigenvalue weighted by molar-refractivity contribution is 0.209. The maximum Gasteiger partial charge on any atom is 0.0397 e. The quantitative estimate of drug-likeness (QED) is 0.900. The summed E-state index contributed by atoms with van der Waals surface area (Å²) in [6.07, 6.45) is 0.974. The summed E-state index contributed by atoms with van der Waals surface area (Å²) in [5.74, 6) is 0. The SMILES string of the molecule is Cc1cc(CCN)ccc1N1CCN(C(C)C)CC1. The predicted octanol–water partition coefficient (Wildman–Crippen LogP) is 2.03. The molecular formula is C16H27N3. The predicted molar refractivity (Wildman–Crippen MR) is 82.9 cm³/mol. The molecule has 0 amide bonds. The summed E-state index contributed by atoms with van der Waals surface area (Å²) in [7, 11) is 0. The third kappa shape index (κ3) is 3.48. The lowest BCUT2D eigenvalue weighted by atomic mass is 10.1. The van der Waals surface area contributed by atoms with Gasteiger partial charge in [-0.15, -0.1) is 0 Å². The maximum atomic E-state index is 5.62. The highest BCUT2D eigenvalue weighted by atomic mass is 15.3. The van der Waals surface area contributed by atoms with Gasteiger partial charge in [-0.25, -0.2) is 0 Å². The third-order valence-electron chi connectivity index (χ3n) is 4.08. The zero-order chi connectivity index (χ0) is 13.8. The summed E-state index contributed by atoms with van der Waals surface area (Å²) in [6.45, 7) is 12.1. The van der Waals surface area contributed by atoms with Gasteiger partial charge in [-0.3, -0.25) is 4.90 Å². The van der Waals surface area contributed by atoms with E-state index in [1.165, 1.54) is 29.9 Å². The number of nitrogens with zero attached hydrogens (tertiary/aromatic N) is 2. The highest BCUT2D eigenvalue weighted by Gasteiger charge is 2.19. The molecule has 0 aliphatic carbocycles. The Morgan fingerprint density at radius 3 is 2.37 bits per heavy atom. The smallest absolute Gasteiger partial charge is 0.0397 e. The number of piperazine rings is 1. The Labute approximate surface area is 117 Å². The lowest BCUT2D eigenvalue weighted by Crippen LogP contribution is -2.49. The topological polar surface area (TPSA) is 32.5 Å². The molecule has 0 unspecified atom stereocenters. The first-order valence-corrected chi connectivity index (χ1v) is 7.40. The molecule has 1 heterocycles. The summed E-state index contributed by atoms with van der Waals surface area (Å²) in [5.41, 5.74) is 9.74. The molecule has 19 heavy (non-hydrogen) atoms. The molecule has 2 N–H and O–H groups in total. The van der Waals surface area contributed by atoms with Crippen molar-refractivity contribution in [3.05, 3.63) is 29.3 Å². The van der Waals surface area contributed by atoms with Crippen LogP contribution >= 0.6 is 0 Å². The first-order chi connectivity index (χ1) is 9.11. The van der Waals surface area contributed by atoms with Crippen LogP contribution in [0, 0.1) is 6.92 Å². The molecular weight excluding hydrogens is 234 g/mol. The van der Waals surface area contributed by atoms with E-state index in [0.29, 0.717) is 6.04 Å². The van der Waals surface area contributed by atoms with Crippen LogP contribution in [0.2, 0.25) is 0 Å². The van der Waals surface area contributed by atoms with Crippen LogP contribution in [0.4, 0.5) is 5.69 Å². The molecule has 1 aliphatic rings. The Balaban J connectivity index is 2.03. The van der Waals surface area contributed by atoms with Crippen molar-refractivity contribution in [2.45, 2.75) is 33.2 Å². The Hall–Kier alpha value is -1.06. The van der Waals surface area contributed by atoms with Gasteiger partial charge in [0.15, 0.2) is 0 Å². The number of hydrogen-bond acceptors (Lipinski definition) is 3. The zero-order valence-electron chi connectivity index (χ0n) is 12.5. The van der Waals surface area contributed by atoms with Gasteiger partial charge in [-0.1, -0.05) is 12.1 Å². The van der Waals surface area contributed by atoms with E-state index >= 15 is 0 Å². The number of aryl methyl sites for hydroxylation is 1. The average Bonchev–Trinajstić information content (AvgIpc) is 2.39. The molecule has 1 saturated heterocycles. The van der Waals surface area contributed by atoms with Gasteiger partial charge in [0.2, 0.25) is 0 Å². The fourth-order valence-electron chi connectivity index (χ4n) is 2.87. The Kier molecular flexibility index (Phi) is 4.83. The molecule has 0 spiro atoms. The monoisotopic (exact) mass is 261 g/mol. The molecule has 0 atom stereocenters. The van der Waals surface area contributed by atoms with Gasteiger partial charge < -0.3 is 10.6 Å². The fraction of sp³-hybridized carbons (Fsp3) is 0.625. The number of benzene rings is 1. The van der Waals surface area contributed by atoms with Crippen molar-refractivity contribution in [2.24, 2.45) is 5.73 Å². The molecule has 106 valence electrons. The van der Waals surface area contributed by atoms with Crippen LogP contribution in [-0.4, -0.2) is 43.7 Å². The van der Waals surface area contributed by atoms with Crippen LogP contribution in [-0.2, 0) is 6.42 Å². The molecule has 0 bridgehead atoms. The van der Waals surface area contributed by atoms with Gasteiger partial charge in [0.05, 0.1) is 0 Å². The molecule has 2 rings (SSSR count). The van der Waals surface area contributed by atoms with Crippen molar-refractivity contribution in [2.75, 3.05) is 37.6 Å². The molecule has 1 aromatic carbocycles. The van der Waals surface area contributed by atoms with Gasteiger partial charge >= 0.3 is 0 Å². The number of nitrogens with two attached hydrogens (primary N) is 1. The minimum Gasteiger partial charge on any atom is -0.369 e. The van der Waals surface area contributed by atoms with E-state index in [4.69, 9.17) is 5.73 Å². The highest BCUT2D eigenvalue weighted by molar-refractivity contribution is 5.54. The van der Waals surface area contributed by atoms with Crippen LogP contribution in [0.5, 0.6) is 0 Å². The molecule has 1 aromatic rings. The molecule has 0 aromatic heterocycles. The number of rotatable bonds is 4. The van der Waals surface area contributed by atoms with Gasteiger partial charge in [0.25, 0.3) is 0 Å². The van der Waals surface area contributed by atoms with Crippen molar-refractivity contribution in [3.63, 3.8) is 0 Å². The second-order valence-electron chi connectivity index (χ2n) is 5.78. The lowest BCUT2D eigenvalue weighted by Gasteiger charge is -2.38. The molecule has 1 fully saturated rings. The fourth-order valence-corrected chi connectivity index (χ4v) is 2.87. The van der Waals surface area contributed by atoms with Crippen molar-refractivity contribution in [3.8, 4) is 0 Å². The first-order valence-electron chi connectivity index (χ1n) is 7.40. The van der Waals surface area contributed by atoms with Crippen LogP contribution < -0.4 is 10.6 Å². The van der Waals surface area contributed by atoms with Crippen molar-refractivity contribution in [1.82, 2.24) is 4.90 Å². The molecule has 1 aliphatic heterocycles. The second-order valence-corrected chi connectivity index (χ2v) is 5.78. The Morgan fingerprint density at radius 1 is 1.16 bits per heavy atom. The molecule has 3 nitrogen and oxygen atoms in total. The molecule has 3 heteroatoms. The normalized spacial score (nSPS) is 17.2.